The van der Waals surface area contributed by atoms with Crippen molar-refractivity contribution in [3.8, 4) is 0 Å². The fourth-order valence-corrected chi connectivity index (χ4v) is 1.80. The molecule has 1 rings (SSSR count). The average Bonchev–Trinajstić information content (AvgIpc) is 2.16. The van der Waals surface area contributed by atoms with Crippen molar-refractivity contribution in [1.82, 2.24) is 0 Å². The Hall–Kier alpha value is -1.51. The Kier molecular flexibility index (Phi) is 3.58. The molecule has 1 atom stereocenters. The van der Waals surface area contributed by atoms with Crippen molar-refractivity contribution in [2.24, 2.45) is 0 Å². The van der Waals surface area contributed by atoms with E-state index in [0.717, 1.165) is 6.07 Å². The van der Waals surface area contributed by atoms with Crippen LogP contribution in [0.3, 0.4) is 0 Å². The second kappa shape index (κ2) is 4.56. The van der Waals surface area contributed by atoms with Crippen molar-refractivity contribution >= 4 is 34.3 Å². The molecule has 0 amide bonds. The van der Waals surface area contributed by atoms with Crippen LogP contribution in [0.1, 0.15) is 10.4 Å². The summed E-state index contributed by atoms with van der Waals surface area (Å²) in [5, 5.41) is 18.5. The maximum absolute atomic E-state index is 10.7. The topological polar surface area (TPSA) is 121 Å². The molecule has 0 aliphatic carbocycles. The van der Waals surface area contributed by atoms with Gasteiger partial charge in [-0.2, -0.15) is 0 Å². The van der Waals surface area contributed by atoms with Crippen LogP contribution in [0.2, 0.25) is 5.02 Å². The van der Waals surface area contributed by atoms with Gasteiger partial charge in [0.05, 0.1) is 15.4 Å². The van der Waals surface area contributed by atoms with E-state index in [1.54, 1.807) is 0 Å². The molecule has 0 aromatic heterocycles. The van der Waals surface area contributed by atoms with Crippen molar-refractivity contribution in [2.45, 2.75) is 4.90 Å². The minimum atomic E-state index is -2.84. The zero-order valence-electron chi connectivity index (χ0n) is 7.38. The number of nitrogens with zero attached hydrogens (tertiary/aromatic N) is 1. The van der Waals surface area contributed by atoms with Crippen LogP contribution in [-0.2, 0) is 11.1 Å². The molecule has 9 heteroatoms. The number of carboxylic acid groups (broad SMARTS) is 1. The summed E-state index contributed by atoms with van der Waals surface area (Å²) in [5.41, 5.74) is -1.28. The quantitative estimate of drug-likeness (QED) is 0.497. The zero-order chi connectivity index (χ0) is 12.5. The van der Waals surface area contributed by atoms with Gasteiger partial charge in [0.25, 0.3) is 5.69 Å². The van der Waals surface area contributed by atoms with Gasteiger partial charge in [0, 0.05) is 6.07 Å². The van der Waals surface area contributed by atoms with Gasteiger partial charge in [0.1, 0.15) is 5.02 Å². The zero-order valence-corrected chi connectivity index (χ0v) is 8.95. The van der Waals surface area contributed by atoms with Gasteiger partial charge < -0.3 is 9.66 Å². The highest BCUT2D eigenvalue weighted by molar-refractivity contribution is 7.79. The summed E-state index contributed by atoms with van der Waals surface area (Å²) in [5.74, 6) is -1.48. The van der Waals surface area contributed by atoms with Gasteiger partial charge >= 0.3 is 5.97 Å². The van der Waals surface area contributed by atoms with Crippen molar-refractivity contribution in [1.29, 1.82) is 0 Å². The Morgan fingerprint density at radius 3 is 2.44 bits per heavy atom. The number of carboxylic acids is 1. The molecule has 0 fully saturated rings. The third kappa shape index (κ3) is 2.35. The lowest BCUT2D eigenvalue weighted by Gasteiger charge is -2.08. The van der Waals surface area contributed by atoms with E-state index in [4.69, 9.17) is 16.7 Å². The van der Waals surface area contributed by atoms with E-state index in [1.807, 2.05) is 0 Å². The maximum atomic E-state index is 10.7. The van der Waals surface area contributed by atoms with Gasteiger partial charge in [-0.25, -0.2) is 4.79 Å². The van der Waals surface area contributed by atoms with Crippen LogP contribution >= 0.6 is 11.6 Å². The monoisotopic (exact) mass is 264 g/mol. The molecule has 1 aromatic rings. The van der Waals surface area contributed by atoms with Crippen LogP contribution in [0.4, 0.5) is 5.69 Å². The van der Waals surface area contributed by atoms with Crippen molar-refractivity contribution in [2.75, 3.05) is 0 Å². The van der Waals surface area contributed by atoms with Gasteiger partial charge in [-0.1, -0.05) is 11.6 Å². The standard InChI is InChI=1S/C7H4ClNO6S/c8-6-4(9(12)13)1-3(7(10)11)2-5(6)16(14)15/h1-2H,(H,10,11)(H,14,15)/p-1. The third-order valence-corrected chi connectivity index (χ3v) is 2.83. The average molecular weight is 265 g/mol. The molecule has 0 heterocycles. The van der Waals surface area contributed by atoms with Crippen LogP contribution in [0, 0.1) is 10.1 Å². The van der Waals surface area contributed by atoms with Crippen LogP contribution in [-0.4, -0.2) is 24.8 Å². The first-order chi connectivity index (χ1) is 7.34. The van der Waals surface area contributed by atoms with Crippen molar-refractivity contribution < 1.29 is 23.6 Å². The van der Waals surface area contributed by atoms with Crippen LogP contribution in [0.5, 0.6) is 0 Å². The molecule has 0 radical (unpaired) electrons. The molecule has 1 N–H and O–H groups in total. The Balaban J connectivity index is 3.57. The molecule has 0 bridgehead atoms. The summed E-state index contributed by atoms with van der Waals surface area (Å²) in [6.07, 6.45) is 0. The van der Waals surface area contributed by atoms with Gasteiger partial charge in [-0.05, 0) is 17.1 Å². The number of hydrogen-bond acceptors (Lipinski definition) is 5. The predicted octanol–water partition coefficient (Wildman–Crippen LogP) is 1.18. The number of nitro groups is 1. The molecule has 0 saturated carbocycles. The Bertz CT molecular complexity index is 467. The molecule has 7 nitrogen and oxygen atoms in total. The number of hydrogen-bond donors (Lipinski definition) is 1. The summed E-state index contributed by atoms with van der Waals surface area (Å²) >= 11 is 2.60. The first-order valence-corrected chi connectivity index (χ1v) is 5.10. The third-order valence-electron chi connectivity index (χ3n) is 1.64. The fraction of sp³-hybridized carbons (Fsp3) is 0. The molecule has 0 saturated heterocycles. The number of nitro benzene ring substituents is 1. The number of rotatable bonds is 3. The normalized spacial score (nSPS) is 12.1. The molecule has 1 aromatic carbocycles. The smallest absolute Gasteiger partial charge is 0.335 e. The molecule has 0 aliphatic rings. The van der Waals surface area contributed by atoms with Crippen LogP contribution in [0.25, 0.3) is 0 Å². The van der Waals surface area contributed by atoms with E-state index in [9.17, 15) is 23.7 Å². The maximum Gasteiger partial charge on any atom is 0.335 e. The molecular formula is C7H3ClNO6S-. The summed E-state index contributed by atoms with van der Waals surface area (Å²) in [4.78, 5) is 19.5. The molecule has 16 heavy (non-hydrogen) atoms. The molecule has 0 aliphatic heterocycles. The van der Waals surface area contributed by atoms with Gasteiger partial charge in [-0.3, -0.25) is 14.3 Å². The number of carbonyl (C=O) groups is 1. The van der Waals surface area contributed by atoms with Crippen molar-refractivity contribution in [3.05, 3.63) is 32.8 Å². The highest BCUT2D eigenvalue weighted by Gasteiger charge is 2.20. The predicted molar refractivity (Wildman–Crippen MR) is 52.3 cm³/mol. The van der Waals surface area contributed by atoms with Gasteiger partial charge in [0.2, 0.25) is 0 Å². The summed E-state index contributed by atoms with van der Waals surface area (Å²) in [7, 11) is 0. The van der Waals surface area contributed by atoms with Crippen LogP contribution in [0.15, 0.2) is 17.0 Å². The van der Waals surface area contributed by atoms with E-state index >= 15 is 0 Å². The lowest BCUT2D eigenvalue weighted by Crippen LogP contribution is -2.03. The SMILES string of the molecule is O=C(O)c1cc([N+](=O)[O-])c(Cl)c(S(=O)[O-])c1. The number of aromatic carboxylic acids is 1. The van der Waals surface area contributed by atoms with Gasteiger partial charge in [-0.15, -0.1) is 0 Å². The van der Waals surface area contributed by atoms with Crippen molar-refractivity contribution in [3.63, 3.8) is 0 Å². The first kappa shape index (κ1) is 12.6. The minimum Gasteiger partial charge on any atom is -0.768 e. The molecular weight excluding hydrogens is 262 g/mol. The Morgan fingerprint density at radius 1 is 1.50 bits per heavy atom. The second-order valence-electron chi connectivity index (χ2n) is 2.60. The Morgan fingerprint density at radius 2 is 2.06 bits per heavy atom. The lowest BCUT2D eigenvalue weighted by molar-refractivity contribution is -0.384. The van der Waals surface area contributed by atoms with E-state index in [0.29, 0.717) is 6.07 Å². The number of halogens is 1. The van der Waals surface area contributed by atoms with Crippen LogP contribution < -0.4 is 0 Å². The number of benzene rings is 1. The van der Waals surface area contributed by atoms with E-state index in [1.165, 1.54) is 0 Å². The molecule has 0 spiro atoms. The summed E-state index contributed by atoms with van der Waals surface area (Å²) < 4.78 is 21.3. The Labute approximate surface area is 96.1 Å². The molecule has 1 unspecified atom stereocenters. The molecule has 86 valence electrons. The highest BCUT2D eigenvalue weighted by Crippen LogP contribution is 2.31. The fourth-order valence-electron chi connectivity index (χ4n) is 0.961. The first-order valence-electron chi connectivity index (χ1n) is 3.65. The van der Waals surface area contributed by atoms with E-state index in [-0.39, 0.29) is 0 Å². The minimum absolute atomic E-state index is 0.518. The largest absolute Gasteiger partial charge is 0.768 e. The summed E-state index contributed by atoms with van der Waals surface area (Å²) in [6, 6.07) is 1.45. The van der Waals surface area contributed by atoms with E-state index < -0.39 is 43.1 Å². The second-order valence-corrected chi connectivity index (χ2v) is 3.89. The highest BCUT2D eigenvalue weighted by atomic mass is 35.5. The van der Waals surface area contributed by atoms with E-state index in [2.05, 4.69) is 0 Å². The lowest BCUT2D eigenvalue weighted by atomic mass is 10.2. The summed E-state index contributed by atoms with van der Waals surface area (Å²) in [6.45, 7) is 0. The van der Waals surface area contributed by atoms with Gasteiger partial charge in [0.15, 0.2) is 0 Å².